The fraction of sp³-hybridized carbons (Fsp3) is 0.381. The van der Waals surface area contributed by atoms with Crippen molar-refractivity contribution in [2.75, 3.05) is 35.6 Å². The van der Waals surface area contributed by atoms with Crippen molar-refractivity contribution in [3.8, 4) is 16.9 Å². The van der Waals surface area contributed by atoms with Crippen LogP contribution in [0.4, 0.5) is 30.4 Å². The van der Waals surface area contributed by atoms with Crippen molar-refractivity contribution < 1.29 is 23.1 Å². The normalized spacial score (nSPS) is 15.0. The molecule has 1 aromatic carbocycles. The first kappa shape index (κ1) is 23.8. The van der Waals surface area contributed by atoms with Gasteiger partial charge in [0.1, 0.15) is 17.3 Å². The van der Waals surface area contributed by atoms with Crippen LogP contribution >= 0.6 is 11.3 Å². The molecule has 0 spiro atoms. The second-order valence-electron chi connectivity index (χ2n) is 8.11. The average Bonchev–Trinajstić information content (AvgIpc) is 3.45. The number of nitrogens with zero attached hydrogens (tertiary/aromatic N) is 4. The van der Waals surface area contributed by atoms with Gasteiger partial charge in [0.05, 0.1) is 28.6 Å². The molecule has 1 amide bonds. The number of hydrogen-bond acceptors (Lipinski definition) is 8. The number of phenols is 1. The molecular formula is C21H24F3N7O2S. The Balaban J connectivity index is 1.86. The second-order valence-corrected chi connectivity index (χ2v) is 8.83. The highest BCUT2D eigenvalue weighted by molar-refractivity contribution is 7.07. The van der Waals surface area contributed by atoms with E-state index in [1.165, 1.54) is 21.8 Å². The van der Waals surface area contributed by atoms with E-state index in [4.69, 9.17) is 11.5 Å². The van der Waals surface area contributed by atoms with Crippen LogP contribution in [0.15, 0.2) is 23.2 Å². The first-order chi connectivity index (χ1) is 16.1. The third-order valence-electron chi connectivity index (χ3n) is 5.95. The molecule has 13 heteroatoms. The van der Waals surface area contributed by atoms with Crippen LogP contribution in [0.25, 0.3) is 11.1 Å². The van der Waals surface area contributed by atoms with E-state index in [1.54, 1.807) is 7.05 Å². The number of carbonyl (C=O) groups excluding carboxylic acids is 1. The molecule has 182 valence electrons. The molecule has 3 aromatic rings. The van der Waals surface area contributed by atoms with E-state index < -0.39 is 34.6 Å². The topological polar surface area (TPSA) is 135 Å². The molecule has 2 aromatic heterocycles. The lowest BCUT2D eigenvalue weighted by Gasteiger charge is -2.34. The number of nitrogens with one attached hydrogen (secondary N) is 1. The Morgan fingerprint density at radius 1 is 1.35 bits per heavy atom. The van der Waals surface area contributed by atoms with Crippen molar-refractivity contribution in [2.24, 2.45) is 18.7 Å². The van der Waals surface area contributed by atoms with Crippen molar-refractivity contribution in [1.82, 2.24) is 14.8 Å². The molecule has 6 N–H and O–H groups in total. The molecule has 1 aliphatic rings. The number of aromatic nitrogens is 3. The largest absolute Gasteiger partial charge is 0.505 e. The van der Waals surface area contributed by atoms with Gasteiger partial charge in [-0.05, 0) is 31.4 Å². The summed E-state index contributed by atoms with van der Waals surface area (Å²) in [5.74, 6) is -0.797. The van der Waals surface area contributed by atoms with E-state index in [9.17, 15) is 23.1 Å². The predicted octanol–water partition coefficient (Wildman–Crippen LogP) is 3.28. The summed E-state index contributed by atoms with van der Waals surface area (Å²) >= 11 is 1.13. The monoisotopic (exact) mass is 495 g/mol. The fourth-order valence-electron chi connectivity index (χ4n) is 4.22. The number of alkyl halides is 3. The molecule has 3 heterocycles. The zero-order valence-electron chi connectivity index (χ0n) is 18.3. The van der Waals surface area contributed by atoms with Crippen LogP contribution in [-0.4, -0.2) is 45.4 Å². The summed E-state index contributed by atoms with van der Waals surface area (Å²) in [4.78, 5) is 18.3. The standard InChI is InChI=1S/C21H24F3N7O2S/c1-30-20(31-4-2-11(7-25)3-5-31)12(8-28-30)16-17(21(22,23)24)14(6-13(26)18(16)32)29-19(33)15-9-34-10-27-15/h6,8-11,32H,2-5,7,25-26H2,1H3,(H,29,33). The minimum Gasteiger partial charge on any atom is -0.505 e. The number of phenolic OH excluding ortho intramolecular Hbond substituents is 1. The molecule has 0 unspecified atom stereocenters. The van der Waals surface area contributed by atoms with Crippen LogP contribution in [0.3, 0.4) is 0 Å². The first-order valence-electron chi connectivity index (χ1n) is 10.5. The van der Waals surface area contributed by atoms with Crippen LogP contribution < -0.4 is 21.7 Å². The minimum atomic E-state index is -4.93. The number of nitrogen functional groups attached to an aromatic ring is 1. The highest BCUT2D eigenvalue weighted by Crippen LogP contribution is 2.50. The number of thiazole rings is 1. The smallest absolute Gasteiger partial charge is 0.419 e. The van der Waals surface area contributed by atoms with Crippen LogP contribution in [-0.2, 0) is 13.2 Å². The molecule has 1 aliphatic heterocycles. The molecule has 34 heavy (non-hydrogen) atoms. The van der Waals surface area contributed by atoms with Crippen LogP contribution in [0, 0.1) is 5.92 Å². The van der Waals surface area contributed by atoms with Gasteiger partial charge >= 0.3 is 6.18 Å². The summed E-state index contributed by atoms with van der Waals surface area (Å²) in [6.07, 6.45) is -2.10. The van der Waals surface area contributed by atoms with Gasteiger partial charge in [-0.3, -0.25) is 9.48 Å². The molecule has 0 aliphatic carbocycles. The lowest BCUT2D eigenvalue weighted by atomic mass is 9.94. The molecule has 1 saturated heterocycles. The van der Waals surface area contributed by atoms with E-state index in [2.05, 4.69) is 15.4 Å². The Hall–Kier alpha value is -3.32. The van der Waals surface area contributed by atoms with E-state index in [0.717, 1.165) is 30.2 Å². The fourth-order valence-corrected chi connectivity index (χ4v) is 4.75. The Morgan fingerprint density at radius 3 is 2.65 bits per heavy atom. The van der Waals surface area contributed by atoms with E-state index in [1.807, 2.05) is 4.90 Å². The quantitative estimate of drug-likeness (QED) is 0.242. The van der Waals surface area contributed by atoms with Gasteiger partial charge in [-0.2, -0.15) is 18.3 Å². The molecule has 0 bridgehead atoms. The Kier molecular flexibility index (Phi) is 6.41. The summed E-state index contributed by atoms with van der Waals surface area (Å²) in [5, 5.41) is 18.6. The summed E-state index contributed by atoms with van der Waals surface area (Å²) in [6, 6.07) is 0.898. The summed E-state index contributed by atoms with van der Waals surface area (Å²) in [5.41, 5.74) is 10.5. The second kappa shape index (κ2) is 9.14. The summed E-state index contributed by atoms with van der Waals surface area (Å²) in [6.45, 7) is 1.70. The Morgan fingerprint density at radius 2 is 2.06 bits per heavy atom. The van der Waals surface area contributed by atoms with Gasteiger partial charge in [0, 0.05) is 36.6 Å². The number of benzene rings is 1. The van der Waals surface area contributed by atoms with E-state index in [-0.39, 0.29) is 16.9 Å². The lowest BCUT2D eigenvalue weighted by molar-refractivity contribution is -0.136. The number of amides is 1. The number of nitrogens with two attached hydrogens (primary N) is 2. The maximum Gasteiger partial charge on any atom is 0.419 e. The Bertz CT molecular complexity index is 1190. The highest BCUT2D eigenvalue weighted by Gasteiger charge is 2.41. The van der Waals surface area contributed by atoms with Gasteiger partial charge < -0.3 is 26.8 Å². The molecule has 0 radical (unpaired) electrons. The van der Waals surface area contributed by atoms with Crippen molar-refractivity contribution in [3.63, 3.8) is 0 Å². The lowest BCUT2D eigenvalue weighted by Crippen LogP contribution is -2.37. The summed E-state index contributed by atoms with van der Waals surface area (Å²) < 4.78 is 44.7. The van der Waals surface area contributed by atoms with Crippen molar-refractivity contribution in [3.05, 3.63) is 34.4 Å². The SMILES string of the molecule is Cn1ncc(-c2c(O)c(N)cc(NC(=O)c3cscn3)c2C(F)(F)F)c1N1CCC(CN)CC1. The van der Waals surface area contributed by atoms with Gasteiger partial charge in [-0.15, -0.1) is 11.3 Å². The van der Waals surface area contributed by atoms with Gasteiger partial charge in [0.2, 0.25) is 0 Å². The number of aromatic hydroxyl groups is 1. The zero-order valence-corrected chi connectivity index (χ0v) is 19.1. The molecule has 0 atom stereocenters. The van der Waals surface area contributed by atoms with Crippen molar-refractivity contribution in [2.45, 2.75) is 19.0 Å². The zero-order chi connectivity index (χ0) is 24.6. The van der Waals surface area contributed by atoms with Crippen LogP contribution in [0.5, 0.6) is 5.75 Å². The maximum atomic E-state index is 14.4. The van der Waals surface area contributed by atoms with Gasteiger partial charge in [0.25, 0.3) is 5.91 Å². The molecule has 0 saturated carbocycles. The van der Waals surface area contributed by atoms with Crippen molar-refractivity contribution >= 4 is 34.4 Å². The number of hydrogen-bond donors (Lipinski definition) is 4. The van der Waals surface area contributed by atoms with Crippen LogP contribution in [0.2, 0.25) is 0 Å². The van der Waals surface area contributed by atoms with E-state index in [0.29, 0.717) is 31.4 Å². The van der Waals surface area contributed by atoms with Crippen molar-refractivity contribution in [1.29, 1.82) is 0 Å². The number of piperidine rings is 1. The number of carbonyl (C=O) groups is 1. The van der Waals surface area contributed by atoms with E-state index >= 15 is 0 Å². The van der Waals surface area contributed by atoms with Crippen LogP contribution in [0.1, 0.15) is 28.9 Å². The maximum absolute atomic E-state index is 14.4. The minimum absolute atomic E-state index is 0.0313. The third kappa shape index (κ3) is 4.40. The molecular weight excluding hydrogens is 471 g/mol. The van der Waals surface area contributed by atoms with Gasteiger partial charge in [-0.1, -0.05) is 0 Å². The summed E-state index contributed by atoms with van der Waals surface area (Å²) in [7, 11) is 1.62. The third-order valence-corrected chi connectivity index (χ3v) is 6.54. The average molecular weight is 496 g/mol. The number of aryl methyl sites for hydroxylation is 1. The molecule has 4 rings (SSSR count). The first-order valence-corrected chi connectivity index (χ1v) is 11.5. The molecule has 9 nitrogen and oxygen atoms in total. The van der Waals surface area contributed by atoms with Gasteiger partial charge in [-0.25, -0.2) is 4.98 Å². The number of anilines is 3. The predicted molar refractivity (Wildman–Crippen MR) is 124 cm³/mol. The highest BCUT2D eigenvalue weighted by atomic mass is 32.1. The molecule has 1 fully saturated rings. The number of halogens is 3. The number of rotatable bonds is 5. The Labute approximate surface area is 197 Å². The van der Waals surface area contributed by atoms with Gasteiger partial charge in [0.15, 0.2) is 0 Å².